The number of aliphatic hydroxyl groups excluding tert-OH is 1. The Morgan fingerprint density at radius 3 is 1.67 bits per heavy atom. The van der Waals surface area contributed by atoms with E-state index in [2.05, 4.69) is 0 Å². The van der Waals surface area contributed by atoms with E-state index in [1.165, 1.54) is 0 Å². The molecule has 12 heavy (non-hydrogen) atoms. The summed E-state index contributed by atoms with van der Waals surface area (Å²) in [5.74, 6) is 0. The highest BCUT2D eigenvalue weighted by Gasteiger charge is 2.02. The van der Waals surface area contributed by atoms with Crippen LogP contribution in [-0.2, 0) is 18.9 Å². The van der Waals surface area contributed by atoms with Gasteiger partial charge in [0, 0.05) is 14.2 Å². The van der Waals surface area contributed by atoms with Crippen LogP contribution < -0.4 is 0 Å². The average molecular weight is 180 g/mol. The van der Waals surface area contributed by atoms with Crippen LogP contribution >= 0.6 is 0 Å². The molecule has 1 N–H and O–H groups in total. The van der Waals surface area contributed by atoms with E-state index in [-0.39, 0.29) is 0 Å². The minimum Gasteiger partial charge on any atom is -0.382 e. The fraction of sp³-hybridized carbons (Fsp3) is 1.00. The van der Waals surface area contributed by atoms with Crippen molar-refractivity contribution in [2.75, 3.05) is 40.6 Å². The molecule has 0 unspecified atom stereocenters. The minimum atomic E-state index is -1.18. The minimum absolute atomic E-state index is 0.310. The number of rotatable bonds is 8. The molecule has 0 saturated heterocycles. The summed E-state index contributed by atoms with van der Waals surface area (Å²) in [6.07, 6.45) is 0. The van der Waals surface area contributed by atoms with Crippen LogP contribution in [0.2, 0.25) is 0 Å². The Morgan fingerprint density at radius 2 is 1.33 bits per heavy atom. The maximum absolute atomic E-state index is 8.95. The van der Waals surface area contributed by atoms with Crippen molar-refractivity contribution in [3.63, 3.8) is 0 Å². The predicted octanol–water partition coefficient (Wildman–Crippen LogP) is -0.412. The van der Waals surface area contributed by atoms with Gasteiger partial charge in [-0.25, -0.2) is 0 Å². The van der Waals surface area contributed by atoms with Gasteiger partial charge in [0.05, 0.1) is 26.4 Å². The average Bonchev–Trinajstić information content (AvgIpc) is 2.06. The molecule has 0 rings (SSSR count). The highest BCUT2D eigenvalue weighted by molar-refractivity contribution is 4.28. The normalized spacial score (nSPS) is 11.0. The van der Waals surface area contributed by atoms with Gasteiger partial charge in [0.15, 0.2) is 0 Å². The zero-order valence-electron chi connectivity index (χ0n) is 7.49. The first kappa shape index (κ1) is 11.8. The van der Waals surface area contributed by atoms with Gasteiger partial charge in [0.25, 0.3) is 6.48 Å². The molecule has 0 amide bonds. The third kappa shape index (κ3) is 7.90. The van der Waals surface area contributed by atoms with Gasteiger partial charge in [-0.3, -0.25) is 0 Å². The van der Waals surface area contributed by atoms with Crippen molar-refractivity contribution >= 4 is 0 Å². The van der Waals surface area contributed by atoms with Crippen LogP contribution in [-0.4, -0.2) is 52.2 Å². The van der Waals surface area contributed by atoms with E-state index in [0.29, 0.717) is 26.4 Å². The summed E-state index contributed by atoms with van der Waals surface area (Å²) in [7, 11) is 3.11. The molecule has 0 radical (unpaired) electrons. The molecule has 5 heteroatoms. The largest absolute Gasteiger partial charge is 0.382 e. The fourth-order valence-corrected chi connectivity index (χ4v) is 0.513. The molecule has 0 bridgehead atoms. The van der Waals surface area contributed by atoms with Crippen LogP contribution in [0.3, 0.4) is 0 Å². The van der Waals surface area contributed by atoms with Crippen molar-refractivity contribution in [3.05, 3.63) is 0 Å². The Morgan fingerprint density at radius 1 is 0.917 bits per heavy atom. The summed E-state index contributed by atoms with van der Waals surface area (Å²) in [6, 6.07) is 0. The maximum Gasteiger partial charge on any atom is 0.269 e. The summed E-state index contributed by atoms with van der Waals surface area (Å²) in [4.78, 5) is 0. The summed E-state index contributed by atoms with van der Waals surface area (Å²) in [5.41, 5.74) is 0. The lowest BCUT2D eigenvalue weighted by Gasteiger charge is -2.11. The second-order valence-electron chi connectivity index (χ2n) is 2.03. The predicted molar refractivity (Wildman–Crippen MR) is 41.7 cm³/mol. The van der Waals surface area contributed by atoms with Crippen molar-refractivity contribution in [3.8, 4) is 0 Å². The Kier molecular flexibility index (Phi) is 8.74. The summed E-state index contributed by atoms with van der Waals surface area (Å²) < 4.78 is 19.0. The fourth-order valence-electron chi connectivity index (χ4n) is 0.513. The molecule has 0 heterocycles. The second-order valence-corrected chi connectivity index (χ2v) is 2.03. The summed E-state index contributed by atoms with van der Waals surface area (Å²) in [6.45, 7) is 0.306. The van der Waals surface area contributed by atoms with Gasteiger partial charge in [-0.2, -0.15) is 0 Å². The van der Waals surface area contributed by atoms with E-state index in [0.717, 1.165) is 0 Å². The highest BCUT2D eigenvalue weighted by Crippen LogP contribution is 1.89. The van der Waals surface area contributed by atoms with E-state index in [1.807, 2.05) is 0 Å². The molecule has 0 aliphatic heterocycles. The van der Waals surface area contributed by atoms with Crippen molar-refractivity contribution < 1.29 is 24.1 Å². The van der Waals surface area contributed by atoms with Crippen LogP contribution in [0.15, 0.2) is 0 Å². The molecule has 74 valence electrons. The Hall–Kier alpha value is -0.200. The van der Waals surface area contributed by atoms with Gasteiger partial charge >= 0.3 is 0 Å². The Bertz CT molecular complexity index is 77.9. The first-order valence-electron chi connectivity index (χ1n) is 3.70. The molecule has 5 nitrogen and oxygen atoms in total. The maximum atomic E-state index is 8.95. The molecule has 0 aliphatic rings. The van der Waals surface area contributed by atoms with Gasteiger partial charge in [-0.05, 0) is 0 Å². The topological polar surface area (TPSA) is 57.2 Å². The quantitative estimate of drug-likeness (QED) is 0.406. The van der Waals surface area contributed by atoms with E-state index in [1.54, 1.807) is 14.2 Å². The van der Waals surface area contributed by atoms with Gasteiger partial charge in [-0.1, -0.05) is 0 Å². The van der Waals surface area contributed by atoms with E-state index in [9.17, 15) is 0 Å². The molecule has 0 aromatic heterocycles. The molecule has 0 aromatic rings. The third-order valence-electron chi connectivity index (χ3n) is 1.10. The van der Waals surface area contributed by atoms with Crippen molar-refractivity contribution in [2.24, 2.45) is 0 Å². The zero-order chi connectivity index (χ0) is 9.23. The van der Waals surface area contributed by atoms with Gasteiger partial charge in [-0.15, -0.1) is 0 Å². The molecule has 0 saturated carbocycles. The molecule has 0 spiro atoms. The highest BCUT2D eigenvalue weighted by atomic mass is 16.8. The summed E-state index contributed by atoms with van der Waals surface area (Å²) >= 11 is 0. The van der Waals surface area contributed by atoms with Crippen LogP contribution in [0.25, 0.3) is 0 Å². The first-order chi connectivity index (χ1) is 5.81. The zero-order valence-corrected chi connectivity index (χ0v) is 7.49. The smallest absolute Gasteiger partial charge is 0.269 e. The first-order valence-corrected chi connectivity index (χ1v) is 3.70. The molecule has 0 fully saturated rings. The SMILES string of the molecule is COCCOC(O)OCCOC. The number of aliphatic hydroxyl groups is 1. The third-order valence-corrected chi connectivity index (χ3v) is 1.10. The Labute approximate surface area is 72.2 Å². The molecular formula is C7H16O5. The lowest BCUT2D eigenvalue weighted by Crippen LogP contribution is -2.20. The molecule has 0 aliphatic carbocycles. The molecular weight excluding hydrogens is 164 g/mol. The lowest BCUT2D eigenvalue weighted by molar-refractivity contribution is -0.268. The van der Waals surface area contributed by atoms with E-state index in [4.69, 9.17) is 24.1 Å². The van der Waals surface area contributed by atoms with E-state index < -0.39 is 6.48 Å². The van der Waals surface area contributed by atoms with Crippen LogP contribution in [0.5, 0.6) is 0 Å². The number of methoxy groups -OCH3 is 2. The number of hydrogen-bond acceptors (Lipinski definition) is 5. The second kappa shape index (κ2) is 8.89. The van der Waals surface area contributed by atoms with Crippen molar-refractivity contribution in [1.29, 1.82) is 0 Å². The number of ether oxygens (including phenoxy) is 4. The van der Waals surface area contributed by atoms with Gasteiger partial charge in [0.1, 0.15) is 0 Å². The van der Waals surface area contributed by atoms with Gasteiger partial charge < -0.3 is 24.1 Å². The Balaban J connectivity index is 3.04. The van der Waals surface area contributed by atoms with Crippen LogP contribution in [0.1, 0.15) is 0 Å². The van der Waals surface area contributed by atoms with E-state index >= 15 is 0 Å². The monoisotopic (exact) mass is 180 g/mol. The number of hydrogen-bond donors (Lipinski definition) is 1. The van der Waals surface area contributed by atoms with Crippen molar-refractivity contribution in [1.82, 2.24) is 0 Å². The van der Waals surface area contributed by atoms with Crippen LogP contribution in [0, 0.1) is 0 Å². The van der Waals surface area contributed by atoms with Crippen molar-refractivity contribution in [2.45, 2.75) is 6.48 Å². The van der Waals surface area contributed by atoms with Crippen LogP contribution in [0.4, 0.5) is 0 Å². The standard InChI is InChI=1S/C7H16O5/c1-9-3-5-11-7(8)12-6-4-10-2/h7-8H,3-6H2,1-2H3. The molecule has 0 atom stereocenters. The van der Waals surface area contributed by atoms with Gasteiger partial charge in [0.2, 0.25) is 0 Å². The summed E-state index contributed by atoms with van der Waals surface area (Å²) in [5, 5.41) is 8.95. The lowest BCUT2D eigenvalue weighted by atomic mass is 10.8. The molecule has 0 aromatic carbocycles.